The van der Waals surface area contributed by atoms with Crippen molar-refractivity contribution >= 4 is 23.2 Å². The molecule has 2 aromatic rings. The summed E-state index contributed by atoms with van der Waals surface area (Å²) >= 11 is 11.8. The van der Waals surface area contributed by atoms with E-state index >= 15 is 0 Å². The van der Waals surface area contributed by atoms with Gasteiger partial charge >= 0.3 is 0 Å². The number of ether oxygens (including phenoxy) is 2. The molecule has 1 aromatic heterocycles. The molecule has 0 N–H and O–H groups in total. The van der Waals surface area contributed by atoms with E-state index in [4.69, 9.17) is 32.7 Å². The van der Waals surface area contributed by atoms with Crippen molar-refractivity contribution in [2.45, 2.75) is 13.0 Å². The van der Waals surface area contributed by atoms with E-state index in [1.807, 2.05) is 12.1 Å². The molecule has 1 aliphatic heterocycles. The molecule has 0 saturated heterocycles. The summed E-state index contributed by atoms with van der Waals surface area (Å²) in [5, 5.41) is 1.15. The Morgan fingerprint density at radius 2 is 2.16 bits per heavy atom. The van der Waals surface area contributed by atoms with Gasteiger partial charge in [-0.3, -0.25) is 0 Å². The number of pyridine rings is 1. The Balaban J connectivity index is 1.78. The molecule has 0 atom stereocenters. The van der Waals surface area contributed by atoms with Crippen LogP contribution in [0.5, 0.6) is 11.5 Å². The second kappa shape index (κ2) is 5.27. The van der Waals surface area contributed by atoms with Gasteiger partial charge in [-0.1, -0.05) is 23.2 Å². The van der Waals surface area contributed by atoms with Crippen molar-refractivity contribution in [1.29, 1.82) is 0 Å². The average molecular weight is 296 g/mol. The Morgan fingerprint density at radius 3 is 2.95 bits per heavy atom. The molecule has 0 amide bonds. The summed E-state index contributed by atoms with van der Waals surface area (Å²) in [5.41, 5.74) is 2.09. The van der Waals surface area contributed by atoms with Crippen molar-refractivity contribution in [2.75, 3.05) is 6.61 Å². The number of hydrogen-bond acceptors (Lipinski definition) is 3. The number of rotatable bonds is 3. The van der Waals surface area contributed by atoms with E-state index in [1.165, 1.54) is 0 Å². The second-order valence-electron chi connectivity index (χ2n) is 4.26. The van der Waals surface area contributed by atoms with E-state index in [0.717, 1.165) is 23.3 Å². The van der Waals surface area contributed by atoms with Crippen molar-refractivity contribution in [3.63, 3.8) is 0 Å². The molecule has 0 spiro atoms. The Bertz CT molecular complexity index is 599. The lowest BCUT2D eigenvalue weighted by Gasteiger charge is -2.10. The van der Waals surface area contributed by atoms with E-state index in [1.54, 1.807) is 18.3 Å². The minimum Gasteiger partial charge on any atom is -0.493 e. The molecule has 0 unspecified atom stereocenters. The monoisotopic (exact) mass is 295 g/mol. The number of fused-ring (bicyclic) bond motifs is 1. The van der Waals surface area contributed by atoms with Crippen LogP contribution in [0.4, 0.5) is 0 Å². The van der Waals surface area contributed by atoms with Gasteiger partial charge in [0.2, 0.25) is 0 Å². The molecule has 2 heterocycles. The molecule has 5 heteroatoms. The quantitative estimate of drug-likeness (QED) is 0.805. The fraction of sp³-hybridized carbons (Fsp3) is 0.214. The molecule has 3 rings (SSSR count). The van der Waals surface area contributed by atoms with E-state index in [0.29, 0.717) is 29.1 Å². The lowest BCUT2D eigenvalue weighted by Crippen LogP contribution is -1.99. The van der Waals surface area contributed by atoms with Gasteiger partial charge in [-0.25, -0.2) is 4.98 Å². The fourth-order valence-corrected chi connectivity index (χ4v) is 2.44. The highest BCUT2D eigenvalue weighted by Gasteiger charge is 2.17. The van der Waals surface area contributed by atoms with Crippen LogP contribution in [0.1, 0.15) is 11.1 Å². The smallest absolute Gasteiger partial charge is 0.138 e. The van der Waals surface area contributed by atoms with Gasteiger partial charge in [0, 0.05) is 17.0 Å². The molecule has 98 valence electrons. The molecule has 19 heavy (non-hydrogen) atoms. The summed E-state index contributed by atoms with van der Waals surface area (Å²) < 4.78 is 11.3. The van der Waals surface area contributed by atoms with Gasteiger partial charge in [0.05, 0.1) is 12.8 Å². The summed E-state index contributed by atoms with van der Waals surface area (Å²) in [6.45, 7) is 1.09. The molecule has 1 aliphatic rings. The Morgan fingerprint density at radius 1 is 1.26 bits per heavy atom. The van der Waals surface area contributed by atoms with Crippen molar-refractivity contribution in [3.8, 4) is 11.5 Å². The largest absolute Gasteiger partial charge is 0.493 e. The maximum atomic E-state index is 6.09. The molecule has 0 aliphatic carbocycles. The van der Waals surface area contributed by atoms with Crippen molar-refractivity contribution in [1.82, 2.24) is 4.98 Å². The normalized spacial score (nSPS) is 12.9. The van der Waals surface area contributed by atoms with Crippen LogP contribution in [0.3, 0.4) is 0 Å². The number of aromatic nitrogens is 1. The molecular weight excluding hydrogens is 285 g/mol. The van der Waals surface area contributed by atoms with Gasteiger partial charge in [-0.05, 0) is 29.8 Å². The van der Waals surface area contributed by atoms with Crippen molar-refractivity contribution < 1.29 is 9.47 Å². The summed E-state index contributed by atoms with van der Waals surface area (Å²) in [5.74, 6) is 1.56. The van der Waals surface area contributed by atoms with Gasteiger partial charge in [-0.15, -0.1) is 0 Å². The first-order valence-electron chi connectivity index (χ1n) is 5.91. The van der Waals surface area contributed by atoms with Crippen LogP contribution in [0, 0.1) is 0 Å². The third kappa shape index (κ3) is 2.77. The predicted octanol–water partition coefficient (Wildman–Crippen LogP) is 3.90. The van der Waals surface area contributed by atoms with Crippen LogP contribution in [0.25, 0.3) is 0 Å². The molecular formula is C14H11Cl2NO2. The van der Waals surface area contributed by atoms with E-state index in [-0.39, 0.29) is 0 Å². The molecule has 0 fully saturated rings. The van der Waals surface area contributed by atoms with Crippen LogP contribution < -0.4 is 9.47 Å². The van der Waals surface area contributed by atoms with Gasteiger partial charge in [0.25, 0.3) is 0 Å². The zero-order chi connectivity index (χ0) is 13.2. The van der Waals surface area contributed by atoms with E-state index in [9.17, 15) is 0 Å². The Kier molecular flexibility index (Phi) is 3.49. The highest BCUT2D eigenvalue weighted by atomic mass is 35.5. The maximum Gasteiger partial charge on any atom is 0.138 e. The minimum atomic E-state index is 0.395. The summed E-state index contributed by atoms with van der Waals surface area (Å²) in [7, 11) is 0. The zero-order valence-electron chi connectivity index (χ0n) is 10.0. The molecule has 0 radical (unpaired) electrons. The lowest BCUT2D eigenvalue weighted by atomic mass is 10.1. The average Bonchev–Trinajstić information content (AvgIpc) is 2.85. The zero-order valence-corrected chi connectivity index (χ0v) is 11.5. The van der Waals surface area contributed by atoms with E-state index < -0.39 is 0 Å². The second-order valence-corrected chi connectivity index (χ2v) is 5.08. The summed E-state index contributed by atoms with van der Waals surface area (Å²) in [4.78, 5) is 3.96. The number of halogens is 2. The molecule has 3 nitrogen and oxygen atoms in total. The highest BCUT2D eigenvalue weighted by Crippen LogP contribution is 2.33. The van der Waals surface area contributed by atoms with Crippen LogP contribution in [-0.2, 0) is 13.0 Å². The molecule has 1 aromatic carbocycles. The molecule has 0 saturated carbocycles. The van der Waals surface area contributed by atoms with Crippen LogP contribution >= 0.6 is 23.2 Å². The topological polar surface area (TPSA) is 31.4 Å². The first-order chi connectivity index (χ1) is 9.22. The van der Waals surface area contributed by atoms with E-state index in [2.05, 4.69) is 4.98 Å². The fourth-order valence-electron chi connectivity index (χ4n) is 2.06. The third-order valence-corrected chi connectivity index (χ3v) is 3.36. The molecule has 0 bridgehead atoms. The van der Waals surface area contributed by atoms with Crippen LogP contribution in [-0.4, -0.2) is 11.6 Å². The van der Waals surface area contributed by atoms with Crippen molar-refractivity contribution in [2.24, 2.45) is 0 Å². The van der Waals surface area contributed by atoms with Crippen LogP contribution in [0.15, 0.2) is 30.5 Å². The van der Waals surface area contributed by atoms with Gasteiger partial charge in [0.1, 0.15) is 23.3 Å². The Hall–Kier alpha value is -1.45. The Labute approximate surface area is 121 Å². The van der Waals surface area contributed by atoms with Gasteiger partial charge in [0.15, 0.2) is 0 Å². The standard InChI is InChI=1S/C14H11Cl2NO2/c15-11-5-9-3-4-18-14(9)10(6-11)8-19-12-1-2-13(16)17-7-12/h1-2,5-7H,3-4,8H2. The van der Waals surface area contributed by atoms with Gasteiger partial charge in [-0.2, -0.15) is 0 Å². The first kappa shape index (κ1) is 12.6. The van der Waals surface area contributed by atoms with Gasteiger partial charge < -0.3 is 9.47 Å². The van der Waals surface area contributed by atoms with Crippen molar-refractivity contribution in [3.05, 3.63) is 51.8 Å². The maximum absolute atomic E-state index is 6.09. The van der Waals surface area contributed by atoms with Crippen LogP contribution in [0.2, 0.25) is 10.2 Å². The lowest BCUT2D eigenvalue weighted by molar-refractivity contribution is 0.291. The third-order valence-electron chi connectivity index (χ3n) is 2.92. The number of benzene rings is 1. The predicted molar refractivity (Wildman–Crippen MR) is 74.2 cm³/mol. The summed E-state index contributed by atoms with van der Waals surface area (Å²) in [6.07, 6.45) is 2.49. The number of nitrogens with zero attached hydrogens (tertiary/aromatic N) is 1. The first-order valence-corrected chi connectivity index (χ1v) is 6.66. The highest BCUT2D eigenvalue weighted by molar-refractivity contribution is 6.30. The SMILES string of the molecule is Clc1cc2c(c(COc3ccc(Cl)nc3)c1)OCC2. The number of hydrogen-bond donors (Lipinski definition) is 0. The summed E-state index contributed by atoms with van der Waals surface area (Å²) in [6, 6.07) is 7.28. The minimum absolute atomic E-state index is 0.395.